The number of sulfonamides is 1. The van der Waals surface area contributed by atoms with Gasteiger partial charge in [-0.15, -0.1) is 0 Å². The van der Waals surface area contributed by atoms with Gasteiger partial charge in [0.25, 0.3) is 5.91 Å². The third kappa shape index (κ3) is 4.31. The van der Waals surface area contributed by atoms with Gasteiger partial charge in [0.15, 0.2) is 0 Å². The molecule has 0 aliphatic carbocycles. The molecule has 170 valence electrons. The third-order valence-corrected chi connectivity index (χ3v) is 6.45. The number of halogens is 1. The number of hydrogen-bond donors (Lipinski definition) is 0. The van der Waals surface area contributed by atoms with Crippen LogP contribution in [0.4, 0.5) is 5.69 Å². The van der Waals surface area contributed by atoms with E-state index in [0.717, 1.165) is 10.6 Å². The molecule has 0 bridgehead atoms. The fraction of sp³-hybridized carbons (Fsp3) is 0.273. The second kappa shape index (κ2) is 9.22. The maximum Gasteiger partial charge on any atom is 0.340 e. The topological polar surface area (TPSA) is 94.9 Å². The van der Waals surface area contributed by atoms with Crippen LogP contribution < -0.4 is 9.04 Å². The Morgan fingerprint density at radius 1 is 1.16 bits per heavy atom. The largest absolute Gasteiger partial charge is 0.495 e. The summed E-state index contributed by atoms with van der Waals surface area (Å²) in [6.45, 7) is 1.70. The molecule has 0 saturated heterocycles. The van der Waals surface area contributed by atoms with Crippen LogP contribution in [0.25, 0.3) is 10.9 Å². The number of rotatable bonds is 7. The number of ether oxygens (including phenoxy) is 2. The number of hydrogen-bond acceptors (Lipinski definition) is 6. The van der Waals surface area contributed by atoms with Gasteiger partial charge in [-0.25, -0.2) is 13.2 Å². The molecule has 0 fully saturated rings. The molecule has 3 aromatic rings. The predicted octanol–water partition coefficient (Wildman–Crippen LogP) is 3.97. The van der Waals surface area contributed by atoms with E-state index >= 15 is 0 Å². The second-order valence-electron chi connectivity index (χ2n) is 7.06. The summed E-state index contributed by atoms with van der Waals surface area (Å²) < 4.78 is 38.2. The number of carbonyl (C=O) groups is 2. The number of aromatic nitrogens is 1. The number of para-hydroxylation sites is 1. The molecule has 0 radical (unpaired) electrons. The maximum atomic E-state index is 13.7. The number of esters is 1. The standard InChI is InChI=1S/C22H23ClN2O6S/c1-5-17(25(32(4,28)29)19-12-14(23)10-11-20(19)30-2)21(26)24-13-16(22(27)31-3)15-8-6-7-9-18(15)24/h6-13,17H,5H2,1-4H3/t17-/m0/s1. The van der Waals surface area contributed by atoms with Crippen molar-refractivity contribution < 1.29 is 27.5 Å². The van der Waals surface area contributed by atoms with Gasteiger partial charge < -0.3 is 9.47 Å². The average Bonchev–Trinajstić information content (AvgIpc) is 3.15. The Kier molecular flexibility index (Phi) is 6.80. The minimum atomic E-state index is -3.93. The molecule has 3 rings (SSSR count). The van der Waals surface area contributed by atoms with Crippen LogP contribution in [0.5, 0.6) is 5.75 Å². The zero-order chi connectivity index (χ0) is 23.6. The van der Waals surface area contributed by atoms with Gasteiger partial charge in [-0.1, -0.05) is 36.7 Å². The van der Waals surface area contributed by atoms with Crippen molar-refractivity contribution in [2.75, 3.05) is 24.8 Å². The number of fused-ring (bicyclic) bond motifs is 1. The van der Waals surface area contributed by atoms with Crippen molar-refractivity contribution in [2.45, 2.75) is 19.4 Å². The highest BCUT2D eigenvalue weighted by Crippen LogP contribution is 2.35. The predicted molar refractivity (Wildman–Crippen MR) is 123 cm³/mol. The van der Waals surface area contributed by atoms with Crippen LogP contribution >= 0.6 is 11.6 Å². The molecule has 10 heteroatoms. The van der Waals surface area contributed by atoms with Crippen LogP contribution in [-0.2, 0) is 14.8 Å². The van der Waals surface area contributed by atoms with E-state index in [9.17, 15) is 18.0 Å². The number of anilines is 1. The quantitative estimate of drug-likeness (QED) is 0.477. The smallest absolute Gasteiger partial charge is 0.340 e. The molecule has 0 aliphatic rings. The van der Waals surface area contributed by atoms with Crippen LogP contribution in [0.1, 0.15) is 28.5 Å². The van der Waals surface area contributed by atoms with Crippen molar-refractivity contribution in [2.24, 2.45) is 0 Å². The number of methoxy groups -OCH3 is 2. The Morgan fingerprint density at radius 2 is 1.84 bits per heavy atom. The van der Waals surface area contributed by atoms with Gasteiger partial charge in [0.05, 0.1) is 37.2 Å². The first kappa shape index (κ1) is 23.6. The van der Waals surface area contributed by atoms with Crippen molar-refractivity contribution in [3.05, 3.63) is 59.2 Å². The highest BCUT2D eigenvalue weighted by molar-refractivity contribution is 7.92. The molecule has 1 atom stereocenters. The number of benzene rings is 2. The van der Waals surface area contributed by atoms with Crippen molar-refractivity contribution >= 4 is 50.1 Å². The van der Waals surface area contributed by atoms with E-state index in [2.05, 4.69) is 0 Å². The lowest BCUT2D eigenvalue weighted by Crippen LogP contribution is -2.46. The molecule has 0 aliphatic heterocycles. The molecular formula is C22H23ClN2O6S. The molecule has 0 spiro atoms. The summed E-state index contributed by atoms with van der Waals surface area (Å²) in [5, 5.41) is 0.810. The van der Waals surface area contributed by atoms with Gasteiger partial charge >= 0.3 is 5.97 Å². The summed E-state index contributed by atoms with van der Waals surface area (Å²) in [4.78, 5) is 25.9. The number of nitrogens with zero attached hydrogens (tertiary/aromatic N) is 2. The normalized spacial score (nSPS) is 12.4. The van der Waals surface area contributed by atoms with E-state index in [0.29, 0.717) is 10.9 Å². The Hall–Kier alpha value is -3.04. The molecule has 1 aromatic heterocycles. The van der Waals surface area contributed by atoms with Crippen molar-refractivity contribution in [1.82, 2.24) is 4.57 Å². The Balaban J connectivity index is 2.22. The fourth-order valence-electron chi connectivity index (χ4n) is 3.65. The molecule has 0 N–H and O–H groups in total. The van der Waals surface area contributed by atoms with Crippen LogP contribution in [0, 0.1) is 0 Å². The minimum Gasteiger partial charge on any atom is -0.495 e. The van der Waals surface area contributed by atoms with Crippen LogP contribution in [-0.4, -0.2) is 51.4 Å². The Bertz CT molecular complexity index is 1280. The van der Waals surface area contributed by atoms with E-state index in [1.165, 1.54) is 37.1 Å². The first-order valence-corrected chi connectivity index (χ1v) is 11.9. The van der Waals surface area contributed by atoms with Gasteiger partial charge in [0.2, 0.25) is 10.0 Å². The summed E-state index contributed by atoms with van der Waals surface area (Å²) in [5.41, 5.74) is 0.813. The molecule has 32 heavy (non-hydrogen) atoms. The van der Waals surface area contributed by atoms with E-state index in [1.807, 2.05) is 0 Å². The van der Waals surface area contributed by atoms with Crippen LogP contribution in [0.2, 0.25) is 5.02 Å². The van der Waals surface area contributed by atoms with Gasteiger partial charge in [-0.05, 0) is 30.7 Å². The zero-order valence-corrected chi connectivity index (χ0v) is 19.6. The molecule has 0 saturated carbocycles. The van der Waals surface area contributed by atoms with Crippen LogP contribution in [0.3, 0.4) is 0 Å². The van der Waals surface area contributed by atoms with Crippen molar-refractivity contribution in [1.29, 1.82) is 0 Å². The Morgan fingerprint density at radius 3 is 2.44 bits per heavy atom. The highest BCUT2D eigenvalue weighted by Gasteiger charge is 2.35. The second-order valence-corrected chi connectivity index (χ2v) is 9.35. The van der Waals surface area contributed by atoms with E-state index in [1.54, 1.807) is 37.3 Å². The van der Waals surface area contributed by atoms with Crippen molar-refractivity contribution in [3.8, 4) is 5.75 Å². The average molecular weight is 479 g/mol. The maximum absolute atomic E-state index is 13.7. The lowest BCUT2D eigenvalue weighted by atomic mass is 10.1. The van der Waals surface area contributed by atoms with Crippen LogP contribution in [0.15, 0.2) is 48.7 Å². The van der Waals surface area contributed by atoms with Gasteiger partial charge in [-0.2, -0.15) is 0 Å². The minimum absolute atomic E-state index is 0.146. The van der Waals surface area contributed by atoms with Gasteiger partial charge in [0.1, 0.15) is 11.8 Å². The molecule has 0 unspecified atom stereocenters. The fourth-order valence-corrected chi connectivity index (χ4v) is 5.02. The monoisotopic (exact) mass is 478 g/mol. The summed E-state index contributed by atoms with van der Waals surface area (Å²) in [6.07, 6.45) is 2.54. The summed E-state index contributed by atoms with van der Waals surface area (Å²) in [7, 11) is -1.28. The molecule has 8 nitrogen and oxygen atoms in total. The lowest BCUT2D eigenvalue weighted by molar-refractivity contribution is 0.0603. The Labute approximate surface area is 191 Å². The van der Waals surface area contributed by atoms with E-state index in [-0.39, 0.29) is 28.4 Å². The molecule has 0 amide bonds. The van der Waals surface area contributed by atoms with E-state index in [4.69, 9.17) is 21.1 Å². The van der Waals surface area contributed by atoms with Gasteiger partial charge in [0, 0.05) is 16.6 Å². The summed E-state index contributed by atoms with van der Waals surface area (Å²) >= 11 is 6.13. The van der Waals surface area contributed by atoms with Gasteiger partial charge in [-0.3, -0.25) is 13.7 Å². The lowest BCUT2D eigenvalue weighted by Gasteiger charge is -2.31. The SMILES string of the molecule is CC[C@@H](C(=O)n1cc(C(=O)OC)c2ccccc21)N(c1cc(Cl)ccc1OC)S(C)(=O)=O. The first-order valence-electron chi connectivity index (χ1n) is 9.69. The zero-order valence-electron chi connectivity index (χ0n) is 18.0. The third-order valence-electron chi connectivity index (χ3n) is 5.05. The van der Waals surface area contributed by atoms with Crippen molar-refractivity contribution in [3.63, 3.8) is 0 Å². The first-order chi connectivity index (χ1) is 15.1. The summed E-state index contributed by atoms with van der Waals surface area (Å²) in [6, 6.07) is 10.2. The summed E-state index contributed by atoms with van der Waals surface area (Å²) in [5.74, 6) is -0.887. The highest BCUT2D eigenvalue weighted by atomic mass is 35.5. The molecule has 2 aromatic carbocycles. The van der Waals surface area contributed by atoms with E-state index < -0.39 is 27.9 Å². The number of carbonyl (C=O) groups excluding carboxylic acids is 2. The molecule has 1 heterocycles. The molecular weight excluding hydrogens is 456 g/mol.